The van der Waals surface area contributed by atoms with Gasteiger partial charge in [-0.05, 0) is 0 Å². The molecule has 0 spiro atoms. The molecule has 0 saturated carbocycles. The van der Waals surface area contributed by atoms with Gasteiger partial charge in [-0.1, -0.05) is 0 Å². The van der Waals surface area contributed by atoms with Crippen molar-refractivity contribution in [2.75, 3.05) is 0 Å². The second-order valence-electron chi connectivity index (χ2n) is 2.84. The van der Waals surface area contributed by atoms with Crippen molar-refractivity contribution in [3.63, 3.8) is 0 Å². The van der Waals surface area contributed by atoms with Gasteiger partial charge in [-0.15, -0.1) is 0 Å². The predicted octanol–water partition coefficient (Wildman–Crippen LogP) is 2.80. The number of hydrogen-bond acceptors (Lipinski definition) is 0. The summed E-state index contributed by atoms with van der Waals surface area (Å²) in [5.41, 5.74) is 0. The van der Waals surface area contributed by atoms with Crippen LogP contribution in [0.3, 0.4) is 0 Å². The SMILES string of the molecule is CC(C)(C)[Te](C)(F)F. The zero-order valence-corrected chi connectivity index (χ0v) is 7.99. The molecule has 0 aliphatic carbocycles. The van der Waals surface area contributed by atoms with E-state index in [0.29, 0.717) is 0 Å². The average Bonchev–Trinajstić information content (AvgIpc) is 1.25. The van der Waals surface area contributed by atoms with Crippen molar-refractivity contribution in [1.82, 2.24) is 0 Å². The van der Waals surface area contributed by atoms with Crippen molar-refractivity contribution in [2.45, 2.75) is 29.2 Å². The van der Waals surface area contributed by atoms with E-state index < -0.39 is 22.8 Å². The summed E-state index contributed by atoms with van der Waals surface area (Å²) in [5, 5.41) is 0. The van der Waals surface area contributed by atoms with Crippen LogP contribution in [0.25, 0.3) is 0 Å². The predicted molar refractivity (Wildman–Crippen MR) is 33.5 cm³/mol. The maximum atomic E-state index is 12.4. The third-order valence-electron chi connectivity index (χ3n) is 1.08. The fourth-order valence-electron chi connectivity index (χ4n) is 0. The van der Waals surface area contributed by atoms with Crippen LogP contribution in [0.1, 0.15) is 20.8 Å². The molecule has 0 saturated heterocycles. The standard InChI is InChI=1S/C5H12F2Te/c1-5(2,3)8(4,6)7/h1-4H3. The van der Waals surface area contributed by atoms with Crippen molar-refractivity contribution >= 4 is 19.3 Å². The van der Waals surface area contributed by atoms with Gasteiger partial charge >= 0.3 is 54.3 Å². The fourth-order valence-corrected chi connectivity index (χ4v) is 0. The second kappa shape index (κ2) is 2.11. The van der Waals surface area contributed by atoms with E-state index in [1.165, 1.54) is 0 Å². The monoisotopic (exact) mass is 240 g/mol. The summed E-state index contributed by atoms with van der Waals surface area (Å²) in [6.07, 6.45) is 0. The van der Waals surface area contributed by atoms with Gasteiger partial charge in [0, 0.05) is 0 Å². The average molecular weight is 238 g/mol. The van der Waals surface area contributed by atoms with E-state index >= 15 is 0 Å². The molecule has 52 valence electrons. The second-order valence-corrected chi connectivity index (χ2v) is 10.5. The Labute approximate surface area is 54.6 Å². The minimum absolute atomic E-state index is 0.706. The van der Waals surface area contributed by atoms with Crippen molar-refractivity contribution in [3.8, 4) is 0 Å². The summed E-state index contributed by atoms with van der Waals surface area (Å²) in [7, 11) is 0. The molecule has 0 N–H and O–H groups in total. The Morgan fingerprint density at radius 3 is 1.25 bits per heavy atom. The molecule has 0 heterocycles. The Kier molecular flexibility index (Phi) is 2.29. The Morgan fingerprint density at radius 1 is 1.12 bits per heavy atom. The van der Waals surface area contributed by atoms with Gasteiger partial charge in [0.15, 0.2) is 0 Å². The number of hydrogen-bond donors (Lipinski definition) is 0. The molecule has 8 heavy (non-hydrogen) atoms. The van der Waals surface area contributed by atoms with E-state index in [0.717, 1.165) is 4.97 Å². The minimum atomic E-state index is -4.34. The van der Waals surface area contributed by atoms with Crippen molar-refractivity contribution < 1.29 is 5.78 Å². The van der Waals surface area contributed by atoms with E-state index in [1.807, 2.05) is 0 Å². The van der Waals surface area contributed by atoms with Crippen LogP contribution in [0, 0.1) is 0 Å². The van der Waals surface area contributed by atoms with E-state index in [4.69, 9.17) is 0 Å². The van der Waals surface area contributed by atoms with Crippen molar-refractivity contribution in [1.29, 1.82) is 0 Å². The Balaban J connectivity index is 4.02. The molecule has 0 aliphatic rings. The molecular formula is C5H12F2Te. The topological polar surface area (TPSA) is 0 Å². The molecule has 0 radical (unpaired) electrons. The van der Waals surface area contributed by atoms with E-state index in [9.17, 15) is 5.78 Å². The van der Waals surface area contributed by atoms with Gasteiger partial charge in [0.2, 0.25) is 0 Å². The normalized spacial score (nSPS) is 16.2. The molecule has 0 fully saturated rings. The third kappa shape index (κ3) is 2.28. The number of halogens is 2. The van der Waals surface area contributed by atoms with Gasteiger partial charge in [-0.25, -0.2) is 0 Å². The van der Waals surface area contributed by atoms with E-state index in [1.54, 1.807) is 20.8 Å². The van der Waals surface area contributed by atoms with Crippen molar-refractivity contribution in [3.05, 3.63) is 0 Å². The Morgan fingerprint density at radius 2 is 1.25 bits per heavy atom. The summed E-state index contributed by atoms with van der Waals surface area (Å²) < 4.78 is 24.1. The molecule has 0 atom stereocenters. The molecule has 0 unspecified atom stereocenters. The molecule has 0 aromatic heterocycles. The summed E-state index contributed by atoms with van der Waals surface area (Å²) in [4.78, 5) is 1.13. The van der Waals surface area contributed by atoms with Crippen LogP contribution >= 0.6 is 0 Å². The van der Waals surface area contributed by atoms with Crippen LogP contribution < -0.4 is 0 Å². The molecular weight excluding hydrogens is 226 g/mol. The first-order valence-electron chi connectivity index (χ1n) is 2.42. The van der Waals surface area contributed by atoms with E-state index in [-0.39, 0.29) is 0 Å². The van der Waals surface area contributed by atoms with Gasteiger partial charge < -0.3 is 0 Å². The summed E-state index contributed by atoms with van der Waals surface area (Å²) in [6, 6.07) is 0. The van der Waals surface area contributed by atoms with Crippen LogP contribution in [0.15, 0.2) is 0 Å². The van der Waals surface area contributed by atoms with E-state index in [2.05, 4.69) is 0 Å². The molecule has 0 rings (SSSR count). The third-order valence-corrected chi connectivity index (χ3v) is 7.21. The molecule has 0 aliphatic heterocycles. The molecule has 0 amide bonds. The van der Waals surface area contributed by atoms with Crippen LogP contribution in [-0.4, -0.2) is 19.3 Å². The van der Waals surface area contributed by atoms with Crippen LogP contribution in [-0.2, 0) is 0 Å². The zero-order valence-electron chi connectivity index (χ0n) is 5.66. The Bertz CT molecular complexity index is 65.4. The van der Waals surface area contributed by atoms with Crippen LogP contribution in [0.4, 0.5) is 5.78 Å². The summed E-state index contributed by atoms with van der Waals surface area (Å²) in [5.74, 6) is 0. The fraction of sp³-hybridized carbons (Fsp3) is 1.00. The maximum absolute atomic E-state index is 12.4. The first kappa shape index (κ1) is 8.65. The number of rotatable bonds is 0. The molecule has 0 aromatic rings. The zero-order chi connectivity index (χ0) is 7.00. The first-order chi connectivity index (χ1) is 3.25. The Hall–Kier alpha value is 0.650. The van der Waals surface area contributed by atoms with Gasteiger partial charge in [0.25, 0.3) is 0 Å². The molecule has 0 aromatic carbocycles. The molecule has 0 nitrogen and oxygen atoms in total. The van der Waals surface area contributed by atoms with Crippen molar-refractivity contribution in [2.24, 2.45) is 0 Å². The van der Waals surface area contributed by atoms with Crippen LogP contribution in [0.2, 0.25) is 8.43 Å². The van der Waals surface area contributed by atoms with Gasteiger partial charge in [-0.2, -0.15) is 0 Å². The van der Waals surface area contributed by atoms with Gasteiger partial charge in [0.1, 0.15) is 0 Å². The first-order valence-corrected chi connectivity index (χ1v) is 7.68. The van der Waals surface area contributed by atoms with Gasteiger partial charge in [0.05, 0.1) is 0 Å². The molecule has 3 heteroatoms. The summed E-state index contributed by atoms with van der Waals surface area (Å²) >= 11 is -4.34. The van der Waals surface area contributed by atoms with Gasteiger partial charge in [-0.3, -0.25) is 0 Å². The molecule has 0 bridgehead atoms. The quantitative estimate of drug-likeness (QED) is 0.569. The summed E-state index contributed by atoms with van der Waals surface area (Å²) in [6.45, 7) is 4.82. The van der Waals surface area contributed by atoms with Crippen LogP contribution in [0.5, 0.6) is 0 Å².